The van der Waals surface area contributed by atoms with E-state index in [1.165, 1.54) is 6.21 Å². The van der Waals surface area contributed by atoms with Gasteiger partial charge in [-0.3, -0.25) is 14.4 Å². The minimum absolute atomic E-state index is 0.111. The van der Waals surface area contributed by atoms with Crippen molar-refractivity contribution in [3.63, 3.8) is 0 Å². The van der Waals surface area contributed by atoms with Gasteiger partial charge >= 0.3 is 11.8 Å². The Morgan fingerprint density at radius 3 is 2.59 bits per heavy atom. The molecule has 34 heavy (non-hydrogen) atoms. The Labute approximate surface area is 197 Å². The predicted octanol–water partition coefficient (Wildman–Crippen LogP) is 1.72. The van der Waals surface area contributed by atoms with Crippen LogP contribution in [0.15, 0.2) is 47.6 Å². The number of hydrazone groups is 1. The quantitative estimate of drug-likeness (QED) is 0.346. The molecule has 1 aliphatic heterocycles. The predicted molar refractivity (Wildman–Crippen MR) is 126 cm³/mol. The van der Waals surface area contributed by atoms with Crippen molar-refractivity contribution in [2.75, 3.05) is 44.8 Å². The first-order chi connectivity index (χ1) is 16.5. The van der Waals surface area contributed by atoms with Gasteiger partial charge in [-0.2, -0.15) is 5.10 Å². The molecular formula is C24H28N4O6. The minimum Gasteiger partial charge on any atom is -0.490 e. The van der Waals surface area contributed by atoms with Gasteiger partial charge in [-0.05, 0) is 55.3 Å². The highest BCUT2D eigenvalue weighted by atomic mass is 16.5. The summed E-state index contributed by atoms with van der Waals surface area (Å²) >= 11 is 0. The lowest BCUT2D eigenvalue weighted by Crippen LogP contribution is -2.43. The second kappa shape index (κ2) is 12.4. The van der Waals surface area contributed by atoms with Gasteiger partial charge in [-0.25, -0.2) is 5.43 Å². The number of carbonyl (C=O) groups is 3. The molecule has 3 rings (SSSR count). The fourth-order valence-electron chi connectivity index (χ4n) is 3.16. The normalized spacial score (nSPS) is 13.4. The average Bonchev–Trinajstić information content (AvgIpc) is 2.84. The van der Waals surface area contributed by atoms with Gasteiger partial charge in [0, 0.05) is 18.8 Å². The van der Waals surface area contributed by atoms with E-state index in [1.54, 1.807) is 41.3 Å². The number of hydrogen-bond donors (Lipinski definition) is 2. The highest BCUT2D eigenvalue weighted by Gasteiger charge is 2.18. The monoisotopic (exact) mass is 468 g/mol. The summed E-state index contributed by atoms with van der Waals surface area (Å²) in [6.07, 6.45) is 1.38. The first-order valence-corrected chi connectivity index (χ1v) is 10.9. The number of aryl methyl sites for hydroxylation is 1. The zero-order chi connectivity index (χ0) is 24.3. The lowest BCUT2D eigenvalue weighted by atomic mass is 10.2. The van der Waals surface area contributed by atoms with Crippen LogP contribution in [0.5, 0.6) is 11.5 Å². The van der Waals surface area contributed by atoms with Gasteiger partial charge in [0.15, 0.2) is 18.1 Å². The molecule has 0 unspecified atom stereocenters. The molecule has 3 amide bonds. The fraction of sp³-hybridized carbons (Fsp3) is 0.333. The Morgan fingerprint density at radius 1 is 1.06 bits per heavy atom. The number of carbonyl (C=O) groups excluding carboxylic acids is 3. The topological polar surface area (TPSA) is 119 Å². The molecule has 2 aromatic rings. The van der Waals surface area contributed by atoms with E-state index in [1.807, 2.05) is 19.9 Å². The van der Waals surface area contributed by atoms with E-state index in [0.29, 0.717) is 55.7 Å². The van der Waals surface area contributed by atoms with Crippen molar-refractivity contribution in [1.29, 1.82) is 0 Å². The zero-order valence-electron chi connectivity index (χ0n) is 19.2. The van der Waals surface area contributed by atoms with E-state index in [4.69, 9.17) is 14.2 Å². The minimum atomic E-state index is -0.899. The Hall–Kier alpha value is -3.92. The van der Waals surface area contributed by atoms with E-state index in [0.717, 1.165) is 5.56 Å². The zero-order valence-corrected chi connectivity index (χ0v) is 19.2. The summed E-state index contributed by atoms with van der Waals surface area (Å²) in [6.45, 7) is 6.13. The van der Waals surface area contributed by atoms with Crippen molar-refractivity contribution >= 4 is 29.6 Å². The second-order valence-corrected chi connectivity index (χ2v) is 7.44. The standard InChI is InChI=1S/C24H28N4O6/c1-3-33-21-14-18(7-8-20(21)34-16-22(29)28-9-11-32-12-10-28)15-25-27-24(31)23(30)26-19-6-4-5-17(2)13-19/h4-8,13-15H,3,9-12,16H2,1-2H3,(H,26,30)(H,27,31)/b25-15+. The van der Waals surface area contributed by atoms with Crippen molar-refractivity contribution in [2.45, 2.75) is 13.8 Å². The van der Waals surface area contributed by atoms with E-state index >= 15 is 0 Å². The maximum Gasteiger partial charge on any atom is 0.329 e. The number of amides is 3. The number of hydrogen-bond acceptors (Lipinski definition) is 7. The third-order valence-electron chi connectivity index (χ3n) is 4.84. The molecule has 2 N–H and O–H groups in total. The molecule has 0 bridgehead atoms. The summed E-state index contributed by atoms with van der Waals surface area (Å²) in [7, 11) is 0. The molecule has 0 saturated carbocycles. The Morgan fingerprint density at radius 2 is 1.85 bits per heavy atom. The first kappa shape index (κ1) is 24.7. The summed E-state index contributed by atoms with van der Waals surface area (Å²) in [5, 5.41) is 6.35. The molecule has 1 saturated heterocycles. The van der Waals surface area contributed by atoms with Gasteiger partial charge in [0.1, 0.15) is 0 Å². The van der Waals surface area contributed by atoms with E-state index in [2.05, 4.69) is 15.8 Å². The molecule has 0 atom stereocenters. The van der Waals surface area contributed by atoms with Crippen LogP contribution in [0.3, 0.4) is 0 Å². The lowest BCUT2D eigenvalue weighted by Gasteiger charge is -2.26. The van der Waals surface area contributed by atoms with Gasteiger partial charge in [0.05, 0.1) is 26.0 Å². The SMILES string of the molecule is CCOc1cc(/C=N/NC(=O)C(=O)Nc2cccc(C)c2)ccc1OCC(=O)N1CCOCC1. The van der Waals surface area contributed by atoms with Crippen LogP contribution in [0, 0.1) is 6.92 Å². The Bertz CT molecular complexity index is 1050. The number of ether oxygens (including phenoxy) is 3. The molecule has 0 aliphatic carbocycles. The van der Waals surface area contributed by atoms with E-state index in [9.17, 15) is 14.4 Å². The maximum absolute atomic E-state index is 12.3. The van der Waals surface area contributed by atoms with Crippen LogP contribution >= 0.6 is 0 Å². The smallest absolute Gasteiger partial charge is 0.329 e. The molecule has 10 nitrogen and oxygen atoms in total. The van der Waals surface area contributed by atoms with E-state index in [-0.39, 0.29) is 12.5 Å². The molecular weight excluding hydrogens is 440 g/mol. The summed E-state index contributed by atoms with van der Waals surface area (Å²) in [4.78, 5) is 38.0. The van der Waals surface area contributed by atoms with Crippen molar-refractivity contribution < 1.29 is 28.6 Å². The average molecular weight is 469 g/mol. The molecule has 2 aromatic carbocycles. The number of nitrogens with one attached hydrogen (secondary N) is 2. The molecule has 0 aromatic heterocycles. The molecule has 1 fully saturated rings. The second-order valence-electron chi connectivity index (χ2n) is 7.44. The van der Waals surface area contributed by atoms with Crippen LogP contribution in [0.4, 0.5) is 5.69 Å². The number of rotatable bonds is 8. The van der Waals surface area contributed by atoms with Crippen LogP contribution in [0.1, 0.15) is 18.1 Å². The van der Waals surface area contributed by atoms with Crippen molar-refractivity contribution in [3.8, 4) is 11.5 Å². The number of anilines is 1. The fourth-order valence-corrected chi connectivity index (χ4v) is 3.16. The van der Waals surface area contributed by atoms with Gasteiger partial charge in [-0.1, -0.05) is 12.1 Å². The van der Waals surface area contributed by atoms with E-state index < -0.39 is 11.8 Å². The van der Waals surface area contributed by atoms with Crippen LogP contribution in [-0.4, -0.2) is 68.4 Å². The molecule has 0 radical (unpaired) electrons. The molecule has 0 spiro atoms. The summed E-state index contributed by atoms with van der Waals surface area (Å²) in [5.41, 5.74) is 4.28. The number of nitrogens with zero attached hydrogens (tertiary/aromatic N) is 2. The van der Waals surface area contributed by atoms with Crippen LogP contribution in [0.25, 0.3) is 0 Å². The number of benzene rings is 2. The third kappa shape index (κ3) is 7.31. The molecule has 10 heteroatoms. The van der Waals surface area contributed by atoms with Gasteiger partial charge in [0.25, 0.3) is 5.91 Å². The van der Waals surface area contributed by atoms with Crippen molar-refractivity contribution in [1.82, 2.24) is 10.3 Å². The molecule has 1 aliphatic rings. The van der Waals surface area contributed by atoms with Crippen molar-refractivity contribution in [2.24, 2.45) is 5.10 Å². The van der Waals surface area contributed by atoms with Crippen LogP contribution in [0.2, 0.25) is 0 Å². The first-order valence-electron chi connectivity index (χ1n) is 10.9. The highest BCUT2D eigenvalue weighted by molar-refractivity contribution is 6.39. The van der Waals surface area contributed by atoms with Gasteiger partial charge < -0.3 is 24.4 Å². The summed E-state index contributed by atoms with van der Waals surface area (Å²) < 4.78 is 16.5. The Balaban J connectivity index is 1.55. The largest absolute Gasteiger partial charge is 0.490 e. The molecule has 1 heterocycles. The van der Waals surface area contributed by atoms with Crippen LogP contribution < -0.4 is 20.2 Å². The van der Waals surface area contributed by atoms with Crippen LogP contribution in [-0.2, 0) is 19.1 Å². The third-order valence-corrected chi connectivity index (χ3v) is 4.84. The van der Waals surface area contributed by atoms with Gasteiger partial charge in [-0.15, -0.1) is 0 Å². The number of morpholine rings is 1. The summed E-state index contributed by atoms with van der Waals surface area (Å²) in [5.74, 6) is -0.995. The van der Waals surface area contributed by atoms with Gasteiger partial charge in [0.2, 0.25) is 0 Å². The molecule has 180 valence electrons. The Kier molecular flexibility index (Phi) is 8.98. The highest BCUT2D eigenvalue weighted by Crippen LogP contribution is 2.28. The summed E-state index contributed by atoms with van der Waals surface area (Å²) in [6, 6.07) is 12.1. The van der Waals surface area contributed by atoms with Crippen molar-refractivity contribution in [3.05, 3.63) is 53.6 Å². The lowest BCUT2D eigenvalue weighted by molar-refractivity contribution is -0.137. The maximum atomic E-state index is 12.3.